The average molecular weight is 432 g/mol. The van der Waals surface area contributed by atoms with Crippen LogP contribution in [0.3, 0.4) is 0 Å². The summed E-state index contributed by atoms with van der Waals surface area (Å²) in [7, 11) is 0. The molecule has 4 heterocycles. The fraction of sp³-hybridized carbons (Fsp3) is 0.333. The maximum absolute atomic E-state index is 13.3. The molecule has 0 aliphatic carbocycles. The molecule has 5 rings (SSSR count). The number of benzene rings is 1. The standard InChI is InChI=1S/C24H25N5OS/c1-15-20-16(2)26-17(3)27-23(20)31-22(15)24(30)29-12-10-28(11-13-29)14-19-7-4-6-18-8-5-9-25-21(18)19/h4-9H,10-14H2,1-3H3. The summed E-state index contributed by atoms with van der Waals surface area (Å²) in [6.45, 7) is 9.93. The van der Waals surface area contributed by atoms with Gasteiger partial charge in [-0.25, -0.2) is 9.97 Å². The Morgan fingerprint density at radius 2 is 1.81 bits per heavy atom. The van der Waals surface area contributed by atoms with Crippen LogP contribution in [-0.4, -0.2) is 56.8 Å². The van der Waals surface area contributed by atoms with E-state index in [-0.39, 0.29) is 5.91 Å². The highest BCUT2D eigenvalue weighted by Gasteiger charge is 2.26. The van der Waals surface area contributed by atoms with Gasteiger partial charge in [0.25, 0.3) is 5.91 Å². The molecule has 1 fully saturated rings. The summed E-state index contributed by atoms with van der Waals surface area (Å²) in [5, 5.41) is 2.20. The molecule has 0 bridgehead atoms. The fourth-order valence-electron chi connectivity index (χ4n) is 4.47. The number of pyridine rings is 1. The van der Waals surface area contributed by atoms with E-state index in [1.807, 2.05) is 37.9 Å². The Morgan fingerprint density at radius 1 is 1.03 bits per heavy atom. The van der Waals surface area contributed by atoms with E-state index in [1.54, 1.807) is 0 Å². The van der Waals surface area contributed by atoms with Crippen LogP contribution in [0.5, 0.6) is 0 Å². The van der Waals surface area contributed by atoms with E-state index in [1.165, 1.54) is 22.3 Å². The molecule has 1 saturated heterocycles. The summed E-state index contributed by atoms with van der Waals surface area (Å²) in [5.41, 5.74) is 4.26. The number of amides is 1. The van der Waals surface area contributed by atoms with Crippen molar-refractivity contribution in [3.63, 3.8) is 0 Å². The second kappa shape index (κ2) is 7.98. The number of carbonyl (C=O) groups excluding carboxylic acids is 1. The Kier molecular flexibility index (Phi) is 5.16. The van der Waals surface area contributed by atoms with Gasteiger partial charge >= 0.3 is 0 Å². The molecule has 1 aromatic carbocycles. The molecule has 0 unspecified atom stereocenters. The summed E-state index contributed by atoms with van der Waals surface area (Å²) in [6, 6.07) is 10.4. The predicted octanol–water partition coefficient (Wildman–Crippen LogP) is 4.12. The van der Waals surface area contributed by atoms with E-state index in [4.69, 9.17) is 0 Å². The first-order valence-corrected chi connectivity index (χ1v) is 11.4. The van der Waals surface area contributed by atoms with Gasteiger partial charge in [-0.15, -0.1) is 11.3 Å². The highest BCUT2D eigenvalue weighted by atomic mass is 32.1. The lowest BCUT2D eigenvalue weighted by molar-refractivity contribution is 0.0633. The highest BCUT2D eigenvalue weighted by Crippen LogP contribution is 2.32. The monoisotopic (exact) mass is 431 g/mol. The number of hydrogen-bond acceptors (Lipinski definition) is 6. The number of rotatable bonds is 3. The zero-order chi connectivity index (χ0) is 21.5. The van der Waals surface area contributed by atoms with E-state index in [0.29, 0.717) is 0 Å². The number of piperazine rings is 1. The van der Waals surface area contributed by atoms with E-state index in [9.17, 15) is 4.79 Å². The normalized spacial score (nSPS) is 15.1. The van der Waals surface area contributed by atoms with Crippen LogP contribution in [0.1, 0.15) is 32.3 Å². The summed E-state index contributed by atoms with van der Waals surface area (Å²) >= 11 is 1.49. The number of carbonyl (C=O) groups is 1. The minimum Gasteiger partial charge on any atom is -0.335 e. The van der Waals surface area contributed by atoms with Gasteiger partial charge in [-0.05, 0) is 38.0 Å². The highest BCUT2D eigenvalue weighted by molar-refractivity contribution is 7.20. The van der Waals surface area contributed by atoms with Gasteiger partial charge in [0.05, 0.1) is 10.4 Å². The van der Waals surface area contributed by atoms with Crippen LogP contribution >= 0.6 is 11.3 Å². The van der Waals surface area contributed by atoms with Gasteiger partial charge in [0.1, 0.15) is 10.7 Å². The average Bonchev–Trinajstić information content (AvgIpc) is 3.10. The van der Waals surface area contributed by atoms with Crippen LogP contribution in [0.2, 0.25) is 0 Å². The predicted molar refractivity (Wildman–Crippen MR) is 125 cm³/mol. The van der Waals surface area contributed by atoms with Crippen molar-refractivity contribution in [2.75, 3.05) is 26.2 Å². The Bertz CT molecular complexity index is 1280. The topological polar surface area (TPSA) is 62.2 Å². The second-order valence-electron chi connectivity index (χ2n) is 8.15. The number of aromatic nitrogens is 3. The number of fused-ring (bicyclic) bond motifs is 2. The van der Waals surface area contributed by atoms with E-state index in [0.717, 1.165) is 70.4 Å². The van der Waals surface area contributed by atoms with E-state index < -0.39 is 0 Å². The summed E-state index contributed by atoms with van der Waals surface area (Å²) in [4.78, 5) is 33.0. The van der Waals surface area contributed by atoms with Crippen LogP contribution < -0.4 is 0 Å². The molecule has 0 spiro atoms. The van der Waals surface area contributed by atoms with Gasteiger partial charge < -0.3 is 4.90 Å². The lowest BCUT2D eigenvalue weighted by Gasteiger charge is -2.34. The van der Waals surface area contributed by atoms with Crippen molar-refractivity contribution in [1.29, 1.82) is 0 Å². The minimum atomic E-state index is 0.115. The van der Waals surface area contributed by atoms with Crippen molar-refractivity contribution >= 4 is 38.4 Å². The zero-order valence-electron chi connectivity index (χ0n) is 18.1. The van der Waals surface area contributed by atoms with Gasteiger partial charge in [-0.3, -0.25) is 14.7 Å². The second-order valence-corrected chi connectivity index (χ2v) is 9.15. The summed E-state index contributed by atoms with van der Waals surface area (Å²) in [5.74, 6) is 0.866. The first kappa shape index (κ1) is 20.0. The molecular formula is C24H25N5OS. The van der Waals surface area contributed by atoms with Gasteiger partial charge in [0, 0.05) is 55.4 Å². The first-order chi connectivity index (χ1) is 15.0. The third-order valence-electron chi connectivity index (χ3n) is 6.05. The largest absolute Gasteiger partial charge is 0.335 e. The molecule has 7 heteroatoms. The maximum atomic E-state index is 13.3. The maximum Gasteiger partial charge on any atom is 0.264 e. The summed E-state index contributed by atoms with van der Waals surface area (Å²) < 4.78 is 0. The number of aryl methyl sites for hydroxylation is 3. The molecule has 1 amide bonds. The smallest absolute Gasteiger partial charge is 0.264 e. The van der Waals surface area contributed by atoms with Gasteiger partial charge in [0.15, 0.2) is 0 Å². The summed E-state index contributed by atoms with van der Waals surface area (Å²) in [6.07, 6.45) is 1.85. The molecule has 31 heavy (non-hydrogen) atoms. The van der Waals surface area contributed by atoms with Gasteiger partial charge in [-0.2, -0.15) is 0 Å². The van der Waals surface area contributed by atoms with E-state index in [2.05, 4.69) is 44.1 Å². The molecule has 6 nitrogen and oxygen atoms in total. The third kappa shape index (κ3) is 3.68. The minimum absolute atomic E-state index is 0.115. The van der Waals surface area contributed by atoms with Crippen LogP contribution in [0.4, 0.5) is 0 Å². The van der Waals surface area contributed by atoms with Gasteiger partial charge in [0.2, 0.25) is 0 Å². The SMILES string of the molecule is Cc1nc(C)c2c(C)c(C(=O)N3CCN(Cc4cccc5cccnc45)CC3)sc2n1. The van der Waals surface area contributed by atoms with Crippen molar-refractivity contribution in [2.45, 2.75) is 27.3 Å². The molecule has 0 saturated carbocycles. The third-order valence-corrected chi connectivity index (χ3v) is 7.22. The zero-order valence-corrected chi connectivity index (χ0v) is 18.9. The molecule has 0 radical (unpaired) electrons. The first-order valence-electron chi connectivity index (χ1n) is 10.6. The van der Waals surface area contributed by atoms with Crippen LogP contribution in [0.25, 0.3) is 21.1 Å². The molecular weight excluding hydrogens is 406 g/mol. The molecule has 0 N–H and O–H groups in total. The lowest BCUT2D eigenvalue weighted by Crippen LogP contribution is -2.48. The van der Waals surface area contributed by atoms with Crippen molar-refractivity contribution in [3.05, 3.63) is 64.1 Å². The fourth-order valence-corrected chi connectivity index (χ4v) is 5.71. The van der Waals surface area contributed by atoms with Crippen molar-refractivity contribution in [1.82, 2.24) is 24.8 Å². The number of nitrogens with zero attached hydrogens (tertiary/aromatic N) is 5. The quantitative estimate of drug-likeness (QED) is 0.488. The Labute approximate surface area is 185 Å². The molecule has 1 aliphatic rings. The van der Waals surface area contributed by atoms with Crippen molar-refractivity contribution in [2.24, 2.45) is 0 Å². The molecule has 3 aromatic heterocycles. The molecule has 158 valence electrons. The Hall–Kier alpha value is -2.90. The molecule has 4 aromatic rings. The van der Waals surface area contributed by atoms with Crippen molar-refractivity contribution in [3.8, 4) is 0 Å². The van der Waals surface area contributed by atoms with Crippen LogP contribution in [-0.2, 0) is 6.54 Å². The molecule has 0 atom stereocenters. The van der Waals surface area contributed by atoms with E-state index >= 15 is 0 Å². The van der Waals surface area contributed by atoms with Crippen LogP contribution in [0.15, 0.2) is 36.5 Å². The number of thiophene rings is 1. The van der Waals surface area contributed by atoms with Gasteiger partial charge in [-0.1, -0.05) is 24.3 Å². The Morgan fingerprint density at radius 3 is 2.61 bits per heavy atom. The van der Waals surface area contributed by atoms with Crippen molar-refractivity contribution < 1.29 is 4.79 Å². The van der Waals surface area contributed by atoms with Crippen LogP contribution in [0, 0.1) is 20.8 Å². The molecule has 1 aliphatic heterocycles. The lowest BCUT2D eigenvalue weighted by atomic mass is 10.1. The Balaban J connectivity index is 1.30. The number of para-hydroxylation sites is 1. The number of hydrogen-bond donors (Lipinski definition) is 0.